The van der Waals surface area contributed by atoms with Gasteiger partial charge in [0.15, 0.2) is 0 Å². The average Bonchev–Trinajstić information content (AvgIpc) is 1.84. The van der Waals surface area contributed by atoms with Gasteiger partial charge in [0.25, 0.3) is 0 Å². The molecule has 0 aromatic rings. The predicted octanol–water partition coefficient (Wildman–Crippen LogP) is 3.40. The summed E-state index contributed by atoms with van der Waals surface area (Å²) < 4.78 is 82.4. The first-order valence-corrected chi connectivity index (χ1v) is 3.02. The molecule has 0 amide bonds. The third-order valence-corrected chi connectivity index (χ3v) is 1.15. The van der Waals surface area contributed by atoms with E-state index >= 15 is 0 Å². The van der Waals surface area contributed by atoms with E-state index in [0.29, 0.717) is 6.08 Å². The van der Waals surface area contributed by atoms with Gasteiger partial charge in [0.05, 0.1) is 0 Å². The van der Waals surface area contributed by atoms with Crippen LogP contribution < -0.4 is 0 Å². The Hall–Kier alpha value is -0.750. The van der Waals surface area contributed by atoms with Crippen LogP contribution in [0.1, 0.15) is 6.92 Å². The molecule has 0 nitrogen and oxygen atoms in total. The van der Waals surface area contributed by atoms with Crippen molar-refractivity contribution >= 4 is 0 Å². The lowest BCUT2D eigenvalue weighted by molar-refractivity contribution is -0.341. The lowest BCUT2D eigenvalue weighted by atomic mass is 10.1. The molecule has 0 unspecified atom stereocenters. The van der Waals surface area contributed by atoms with Crippen molar-refractivity contribution in [1.82, 2.24) is 0 Å². The lowest BCUT2D eigenvalue weighted by Gasteiger charge is -2.25. The lowest BCUT2D eigenvalue weighted by Crippen LogP contribution is -2.50. The summed E-state index contributed by atoms with van der Waals surface area (Å²) in [7, 11) is 0. The first-order valence-electron chi connectivity index (χ1n) is 3.02. The molecule has 0 saturated heterocycles. The topological polar surface area (TPSA) is 0 Å². The molecule has 0 aliphatic heterocycles. The van der Waals surface area contributed by atoms with Crippen LogP contribution in [0.5, 0.6) is 0 Å². The molecule has 0 aromatic carbocycles. The van der Waals surface area contributed by atoms with E-state index in [0.717, 1.165) is 6.92 Å². The minimum Gasteiger partial charge on any atom is -0.195 e. The van der Waals surface area contributed by atoms with Crippen LogP contribution in [0.3, 0.4) is 0 Å². The number of alkyl halides is 7. The molecule has 0 atom stereocenters. The van der Waals surface area contributed by atoms with Crippen LogP contribution in [0, 0.1) is 0 Å². The summed E-state index contributed by atoms with van der Waals surface area (Å²) in [4.78, 5) is 0. The van der Waals surface area contributed by atoms with Gasteiger partial charge >= 0.3 is 18.0 Å². The maximum Gasteiger partial charge on any atom is 0.460 e. The number of halogens is 7. The zero-order chi connectivity index (χ0) is 10.9. The van der Waals surface area contributed by atoms with Crippen molar-refractivity contribution < 1.29 is 30.7 Å². The first kappa shape index (κ1) is 12.2. The van der Waals surface area contributed by atoms with Gasteiger partial charge in [0, 0.05) is 0 Å². The molecular weight excluding hydrogens is 205 g/mol. The molecule has 13 heavy (non-hydrogen) atoms. The molecule has 0 radical (unpaired) electrons. The maximum absolute atomic E-state index is 12.1. The molecular formula is C6H5F7. The van der Waals surface area contributed by atoms with Gasteiger partial charge in [0.1, 0.15) is 0 Å². The highest BCUT2D eigenvalue weighted by Gasteiger charge is 2.71. The highest BCUT2D eigenvalue weighted by molar-refractivity contribution is 5.04. The van der Waals surface area contributed by atoms with Crippen molar-refractivity contribution in [3.63, 3.8) is 0 Å². The van der Waals surface area contributed by atoms with Gasteiger partial charge in [-0.2, -0.15) is 30.7 Å². The Morgan fingerprint density at radius 2 is 1.23 bits per heavy atom. The quantitative estimate of drug-likeness (QED) is 0.484. The third-order valence-electron chi connectivity index (χ3n) is 1.15. The molecule has 0 aromatic heterocycles. The number of hydrogen-bond donors (Lipinski definition) is 0. The summed E-state index contributed by atoms with van der Waals surface area (Å²) in [6.45, 7) is 0.917. The summed E-state index contributed by atoms with van der Waals surface area (Å²) in [6.07, 6.45) is -6.31. The average molecular weight is 210 g/mol. The Labute approximate surface area is 69.0 Å². The molecule has 0 fully saturated rings. The largest absolute Gasteiger partial charge is 0.460 e. The SMILES string of the molecule is CC=CC(F)(F)C(F)(F)C(F)(F)F. The number of allylic oxidation sites excluding steroid dienone is 2. The fourth-order valence-corrected chi connectivity index (χ4v) is 0.503. The van der Waals surface area contributed by atoms with Gasteiger partial charge in [0.2, 0.25) is 0 Å². The second-order valence-electron chi connectivity index (χ2n) is 2.20. The Bertz CT molecular complexity index is 200. The molecule has 0 bridgehead atoms. The normalized spacial score (nSPS) is 15.4. The summed E-state index contributed by atoms with van der Waals surface area (Å²) in [5.74, 6) is -11.2. The van der Waals surface area contributed by atoms with E-state index in [1.54, 1.807) is 0 Å². The molecule has 0 spiro atoms. The van der Waals surface area contributed by atoms with Crippen molar-refractivity contribution in [3.05, 3.63) is 12.2 Å². The molecule has 0 heterocycles. The van der Waals surface area contributed by atoms with E-state index in [1.165, 1.54) is 0 Å². The molecule has 0 aliphatic carbocycles. The summed E-state index contributed by atoms with van der Waals surface area (Å²) in [6, 6.07) is 0. The Kier molecular flexibility index (Phi) is 3.01. The van der Waals surface area contributed by atoms with Crippen LogP contribution in [0.25, 0.3) is 0 Å². The molecule has 0 aliphatic rings. The van der Waals surface area contributed by atoms with Crippen molar-refractivity contribution in [1.29, 1.82) is 0 Å². The van der Waals surface area contributed by atoms with Crippen LogP contribution in [0.15, 0.2) is 12.2 Å². The minimum absolute atomic E-state index is 0.430. The zero-order valence-corrected chi connectivity index (χ0v) is 6.30. The molecule has 0 saturated carbocycles. The van der Waals surface area contributed by atoms with Crippen LogP contribution in [0.4, 0.5) is 30.7 Å². The fraction of sp³-hybridized carbons (Fsp3) is 0.667. The first-order chi connectivity index (χ1) is 5.56. The van der Waals surface area contributed by atoms with Crippen molar-refractivity contribution in [2.24, 2.45) is 0 Å². The van der Waals surface area contributed by atoms with Gasteiger partial charge in [-0.3, -0.25) is 0 Å². The maximum atomic E-state index is 12.1. The number of rotatable bonds is 2. The van der Waals surface area contributed by atoms with Crippen molar-refractivity contribution in [2.45, 2.75) is 24.9 Å². The molecule has 7 heteroatoms. The van der Waals surface area contributed by atoms with E-state index in [1.807, 2.05) is 0 Å². The van der Waals surface area contributed by atoms with E-state index in [4.69, 9.17) is 0 Å². The molecule has 0 rings (SSSR count). The van der Waals surface area contributed by atoms with Gasteiger partial charge in [-0.15, -0.1) is 0 Å². The van der Waals surface area contributed by atoms with E-state index < -0.39 is 24.1 Å². The highest BCUT2D eigenvalue weighted by Crippen LogP contribution is 2.46. The second kappa shape index (κ2) is 3.19. The molecule has 78 valence electrons. The monoisotopic (exact) mass is 210 g/mol. The van der Waals surface area contributed by atoms with Gasteiger partial charge < -0.3 is 0 Å². The zero-order valence-electron chi connectivity index (χ0n) is 6.30. The standard InChI is InChI=1S/C6H5F7/c1-2-3-4(7,8)5(9,10)6(11,12)13/h2-3H,1H3. The Morgan fingerprint density at radius 1 is 0.846 bits per heavy atom. The number of hydrogen-bond acceptors (Lipinski definition) is 0. The molecule has 0 N–H and O–H groups in total. The van der Waals surface area contributed by atoms with Crippen LogP contribution in [0.2, 0.25) is 0 Å². The van der Waals surface area contributed by atoms with Gasteiger partial charge in [-0.1, -0.05) is 6.08 Å². The summed E-state index contributed by atoms with van der Waals surface area (Å²) in [5.41, 5.74) is 0. The van der Waals surface area contributed by atoms with E-state index in [2.05, 4.69) is 0 Å². The van der Waals surface area contributed by atoms with Crippen LogP contribution in [-0.2, 0) is 0 Å². The van der Waals surface area contributed by atoms with Crippen LogP contribution in [-0.4, -0.2) is 18.0 Å². The van der Waals surface area contributed by atoms with Crippen molar-refractivity contribution in [3.8, 4) is 0 Å². The third kappa shape index (κ3) is 2.13. The fourth-order valence-electron chi connectivity index (χ4n) is 0.503. The van der Waals surface area contributed by atoms with Crippen molar-refractivity contribution in [2.75, 3.05) is 0 Å². The Morgan fingerprint density at radius 3 is 1.46 bits per heavy atom. The summed E-state index contributed by atoms with van der Waals surface area (Å²) >= 11 is 0. The smallest absolute Gasteiger partial charge is 0.195 e. The van der Waals surface area contributed by atoms with Gasteiger partial charge in [-0.05, 0) is 13.0 Å². The minimum atomic E-state index is -6.25. The van der Waals surface area contributed by atoms with Gasteiger partial charge in [-0.25, -0.2) is 0 Å². The summed E-state index contributed by atoms with van der Waals surface area (Å²) in [5, 5.41) is 0. The highest BCUT2D eigenvalue weighted by atomic mass is 19.4. The van der Waals surface area contributed by atoms with E-state index in [9.17, 15) is 30.7 Å². The predicted molar refractivity (Wildman–Crippen MR) is 30.8 cm³/mol. The second-order valence-corrected chi connectivity index (χ2v) is 2.20. The van der Waals surface area contributed by atoms with Crippen LogP contribution >= 0.6 is 0 Å². The Balaban J connectivity index is 5.03. The van der Waals surface area contributed by atoms with E-state index in [-0.39, 0.29) is 0 Å².